The number of hydroxylamine groups is 2. The van der Waals surface area contributed by atoms with E-state index in [1.807, 2.05) is 40.9 Å². The third kappa shape index (κ3) is 11.0. The first-order valence-electron chi connectivity index (χ1n) is 21.7. The summed E-state index contributed by atoms with van der Waals surface area (Å²) in [5, 5.41) is 2.11. The van der Waals surface area contributed by atoms with Gasteiger partial charge in [-0.2, -0.15) is 5.06 Å². The maximum Gasteiger partial charge on any atom is 0.309 e. The van der Waals surface area contributed by atoms with E-state index < -0.39 is 39.3 Å². The Morgan fingerprint density at radius 1 is 0.909 bits per heavy atom. The third-order valence-electron chi connectivity index (χ3n) is 15.1. The van der Waals surface area contributed by atoms with Crippen molar-refractivity contribution in [1.82, 2.24) is 9.96 Å². The molecule has 1 saturated heterocycles. The van der Waals surface area contributed by atoms with Gasteiger partial charge in [0, 0.05) is 26.4 Å². The van der Waals surface area contributed by atoms with Crippen LogP contribution in [0.15, 0.2) is 30.3 Å². The highest BCUT2D eigenvalue weighted by Crippen LogP contribution is 2.55. The second kappa shape index (κ2) is 19.0. The summed E-state index contributed by atoms with van der Waals surface area (Å²) < 4.78 is 6.34. The maximum absolute atomic E-state index is 14.7. The van der Waals surface area contributed by atoms with E-state index in [0.717, 1.165) is 38.5 Å². The second-order valence-corrected chi connectivity index (χ2v) is 20.4. The van der Waals surface area contributed by atoms with Crippen LogP contribution in [-0.4, -0.2) is 65.0 Å². The van der Waals surface area contributed by atoms with Crippen LogP contribution in [0.2, 0.25) is 0 Å². The van der Waals surface area contributed by atoms with Gasteiger partial charge in [0.25, 0.3) is 0 Å². The number of hydrogen-bond donors (Lipinski definition) is 0. The first-order valence-corrected chi connectivity index (χ1v) is 21.7. The summed E-state index contributed by atoms with van der Waals surface area (Å²) in [7, 11) is 3.63. The van der Waals surface area contributed by atoms with Crippen molar-refractivity contribution in [3.05, 3.63) is 35.9 Å². The average molecular weight is 769 g/mol. The van der Waals surface area contributed by atoms with Crippen LogP contribution in [0.25, 0.3) is 0 Å². The fourth-order valence-electron chi connectivity index (χ4n) is 8.89. The number of ketones is 1. The molecular weight excluding hydrogens is 685 g/mol. The van der Waals surface area contributed by atoms with E-state index in [0.29, 0.717) is 31.8 Å². The molecule has 1 aliphatic rings. The number of rotatable bonds is 21. The molecule has 1 fully saturated rings. The highest BCUT2D eigenvalue weighted by Gasteiger charge is 2.57. The first kappa shape index (κ1) is 48.9. The van der Waals surface area contributed by atoms with Crippen LogP contribution >= 0.6 is 0 Å². The molecule has 1 amide bonds. The minimum absolute atomic E-state index is 0.00900. The summed E-state index contributed by atoms with van der Waals surface area (Å²) in [6.45, 7) is 35.1. The lowest BCUT2D eigenvalue weighted by atomic mass is 9.54. The monoisotopic (exact) mass is 769 g/mol. The van der Waals surface area contributed by atoms with Crippen molar-refractivity contribution in [3.8, 4) is 0 Å². The molecule has 7 heteroatoms. The molecule has 0 N–H and O–H groups in total. The van der Waals surface area contributed by atoms with Gasteiger partial charge in [-0.3, -0.25) is 19.2 Å². The predicted octanol–water partition coefficient (Wildman–Crippen LogP) is 11.7. The Morgan fingerprint density at radius 2 is 1.49 bits per heavy atom. The summed E-state index contributed by atoms with van der Waals surface area (Å²) in [6.07, 6.45) is 7.28. The number of benzene rings is 1. The molecule has 0 bridgehead atoms. The Morgan fingerprint density at radius 3 is 1.98 bits per heavy atom. The van der Waals surface area contributed by atoms with E-state index in [2.05, 4.69) is 119 Å². The zero-order valence-electron chi connectivity index (χ0n) is 38.8. The fourth-order valence-corrected chi connectivity index (χ4v) is 8.89. The Bertz CT molecular complexity index is 1400. The number of esters is 1. The standard InChI is InChI=1S/C48H84N2O5/c1-19-23-27-36(20-2)33-54-42(53)39(30-43(7,8)34(5)37-28-25-24-26-29-37)45(11,12)44(9,10)31-38(41(52)49(17)18)46(13,14)55-50-47(15,21-3)32-40(51)35(6)48(50,16)22-4/h24-26,28-29,34-36,38-39H,19-23,27,30-33H2,1-18H3. The van der Waals surface area contributed by atoms with E-state index in [1.54, 1.807) is 4.90 Å². The molecule has 1 aromatic carbocycles. The number of piperidine rings is 1. The Hall–Kier alpha value is -2.25. The van der Waals surface area contributed by atoms with Crippen LogP contribution in [0.1, 0.15) is 180 Å². The molecule has 0 aromatic heterocycles. The van der Waals surface area contributed by atoms with Gasteiger partial charge in [-0.15, -0.1) is 0 Å². The number of hydrogen-bond acceptors (Lipinski definition) is 6. The largest absolute Gasteiger partial charge is 0.465 e. The number of carbonyl (C=O) groups is 3. The van der Waals surface area contributed by atoms with E-state index in [9.17, 15) is 14.4 Å². The third-order valence-corrected chi connectivity index (χ3v) is 15.1. The van der Waals surface area contributed by atoms with E-state index in [-0.39, 0.29) is 34.9 Å². The Balaban J connectivity index is 2.66. The van der Waals surface area contributed by atoms with Gasteiger partial charge in [0.2, 0.25) is 5.91 Å². The quantitative estimate of drug-likeness (QED) is 0.116. The van der Waals surface area contributed by atoms with Gasteiger partial charge in [0.1, 0.15) is 5.78 Å². The summed E-state index contributed by atoms with van der Waals surface area (Å²) in [4.78, 5) is 51.4. The fraction of sp³-hybridized carbons (Fsp3) is 0.812. The molecule has 1 heterocycles. The van der Waals surface area contributed by atoms with Gasteiger partial charge >= 0.3 is 5.97 Å². The van der Waals surface area contributed by atoms with Crippen LogP contribution in [-0.2, 0) is 24.0 Å². The predicted molar refractivity (Wildman–Crippen MR) is 229 cm³/mol. The summed E-state index contributed by atoms with van der Waals surface area (Å²) >= 11 is 0. The molecular formula is C48H84N2O5. The molecule has 7 nitrogen and oxygen atoms in total. The van der Waals surface area contributed by atoms with Crippen molar-refractivity contribution < 1.29 is 24.0 Å². The molecule has 0 spiro atoms. The lowest BCUT2D eigenvalue weighted by molar-refractivity contribution is -0.347. The number of unbranched alkanes of at least 4 members (excludes halogenated alkanes) is 1. The van der Waals surface area contributed by atoms with Crippen molar-refractivity contribution in [2.24, 2.45) is 39.9 Å². The van der Waals surface area contributed by atoms with Gasteiger partial charge in [-0.05, 0) is 93.4 Å². The first-order chi connectivity index (χ1) is 25.2. The Labute approximate surface area is 338 Å². The average Bonchev–Trinajstić information content (AvgIpc) is 3.13. The smallest absolute Gasteiger partial charge is 0.309 e. The van der Waals surface area contributed by atoms with Crippen molar-refractivity contribution in [2.75, 3.05) is 20.7 Å². The maximum atomic E-state index is 14.7. The molecule has 7 atom stereocenters. The number of Topliss-reactive ketones (excluding diaryl/α,β-unsaturated/α-hetero) is 1. The van der Waals surface area contributed by atoms with Crippen LogP contribution in [0, 0.1) is 39.9 Å². The van der Waals surface area contributed by atoms with Gasteiger partial charge in [0.15, 0.2) is 0 Å². The van der Waals surface area contributed by atoms with Crippen LogP contribution in [0.3, 0.4) is 0 Å². The molecule has 1 aromatic rings. The Kier molecular flexibility index (Phi) is 16.9. The van der Waals surface area contributed by atoms with Gasteiger partial charge < -0.3 is 9.64 Å². The SMILES string of the molecule is CCCCC(CC)COC(=O)C(CC(C)(C)C(C)c1ccccc1)C(C)(C)C(C)(C)CC(C(=O)N(C)C)C(C)(C)ON1C(C)(CC)CC(=O)C(C)C1(C)CC. The van der Waals surface area contributed by atoms with Crippen molar-refractivity contribution >= 4 is 17.7 Å². The molecule has 2 rings (SSSR count). The molecule has 0 aliphatic carbocycles. The lowest BCUT2D eigenvalue weighted by Crippen LogP contribution is -2.68. The highest BCUT2D eigenvalue weighted by molar-refractivity contribution is 5.84. The number of nitrogens with zero attached hydrogens (tertiary/aromatic N) is 2. The zero-order valence-corrected chi connectivity index (χ0v) is 38.8. The zero-order chi connectivity index (χ0) is 42.4. The molecule has 1 aliphatic heterocycles. The van der Waals surface area contributed by atoms with E-state index >= 15 is 0 Å². The summed E-state index contributed by atoms with van der Waals surface area (Å²) in [5.74, 6) is -0.534. The number of carbonyl (C=O) groups excluding carboxylic acids is 3. The van der Waals surface area contributed by atoms with E-state index in [1.165, 1.54) is 5.56 Å². The molecule has 0 saturated carbocycles. The second-order valence-electron chi connectivity index (χ2n) is 20.4. The summed E-state index contributed by atoms with van der Waals surface area (Å²) in [5.41, 5.74) is -2.07. The molecule has 0 radical (unpaired) electrons. The van der Waals surface area contributed by atoms with Crippen LogP contribution in [0.4, 0.5) is 0 Å². The van der Waals surface area contributed by atoms with E-state index in [4.69, 9.17) is 9.57 Å². The number of ether oxygens (including phenoxy) is 1. The van der Waals surface area contributed by atoms with Gasteiger partial charge in [-0.1, -0.05) is 133 Å². The minimum atomic E-state index is -0.938. The normalized spacial score (nSPS) is 23.9. The van der Waals surface area contributed by atoms with Crippen LogP contribution < -0.4 is 0 Å². The van der Waals surface area contributed by atoms with Crippen molar-refractivity contribution in [3.63, 3.8) is 0 Å². The highest BCUT2D eigenvalue weighted by atomic mass is 16.7. The summed E-state index contributed by atoms with van der Waals surface area (Å²) in [6, 6.07) is 10.6. The minimum Gasteiger partial charge on any atom is -0.465 e. The van der Waals surface area contributed by atoms with Crippen molar-refractivity contribution in [2.45, 2.75) is 191 Å². The van der Waals surface area contributed by atoms with Crippen LogP contribution in [0.5, 0.6) is 0 Å². The van der Waals surface area contributed by atoms with Gasteiger partial charge in [0.05, 0.1) is 35.1 Å². The topological polar surface area (TPSA) is 76.2 Å². The molecule has 7 unspecified atom stereocenters. The number of amides is 1. The van der Waals surface area contributed by atoms with Gasteiger partial charge in [-0.25, -0.2) is 0 Å². The molecule has 316 valence electrons. The van der Waals surface area contributed by atoms with Crippen molar-refractivity contribution in [1.29, 1.82) is 0 Å². The molecule has 55 heavy (non-hydrogen) atoms. The lowest BCUT2D eigenvalue weighted by Gasteiger charge is -2.59.